The molecule has 5 heteroatoms. The molecule has 0 aliphatic carbocycles. The molecule has 0 saturated carbocycles. The van der Waals surface area contributed by atoms with E-state index in [2.05, 4.69) is 0 Å². The zero-order valence-electron chi connectivity index (χ0n) is 11.6. The first-order valence-electron chi connectivity index (χ1n) is 6.33. The highest BCUT2D eigenvalue weighted by Gasteiger charge is 2.33. The maximum atomic E-state index is 6.22. The Labute approximate surface area is 113 Å². The summed E-state index contributed by atoms with van der Waals surface area (Å²) in [6.07, 6.45) is 0.600. The van der Waals surface area contributed by atoms with Gasteiger partial charge in [-0.2, -0.15) is 0 Å². The van der Waals surface area contributed by atoms with Gasteiger partial charge < -0.3 is 24.7 Å². The summed E-state index contributed by atoms with van der Waals surface area (Å²) < 4.78 is 21.6. The van der Waals surface area contributed by atoms with E-state index in [1.54, 1.807) is 14.2 Å². The molecule has 1 aliphatic rings. The van der Waals surface area contributed by atoms with Crippen molar-refractivity contribution in [2.24, 2.45) is 5.73 Å². The lowest BCUT2D eigenvalue weighted by Gasteiger charge is -2.26. The van der Waals surface area contributed by atoms with Crippen LogP contribution in [-0.2, 0) is 9.47 Å². The summed E-state index contributed by atoms with van der Waals surface area (Å²) in [7, 11) is 3.22. The lowest BCUT2D eigenvalue weighted by molar-refractivity contribution is -0.150. The van der Waals surface area contributed by atoms with Gasteiger partial charge in [-0.1, -0.05) is 6.07 Å². The molecule has 0 spiro atoms. The first-order valence-corrected chi connectivity index (χ1v) is 6.33. The third kappa shape index (κ3) is 3.18. The molecule has 0 amide bonds. The summed E-state index contributed by atoms with van der Waals surface area (Å²) in [4.78, 5) is 0. The summed E-state index contributed by atoms with van der Waals surface area (Å²) in [5.41, 5.74) is 7.19. The summed E-state index contributed by atoms with van der Waals surface area (Å²) in [5, 5.41) is 0. The molecule has 0 radical (unpaired) electrons. The Kier molecular flexibility index (Phi) is 4.29. The maximum absolute atomic E-state index is 6.22. The molecule has 106 valence electrons. The predicted octanol–water partition coefficient (Wildman–Crippen LogP) is 1.86. The van der Waals surface area contributed by atoms with Crippen molar-refractivity contribution in [1.29, 1.82) is 0 Å². The van der Waals surface area contributed by atoms with E-state index in [0.29, 0.717) is 31.1 Å². The molecule has 1 atom stereocenters. The number of ether oxygens (including phenoxy) is 4. The predicted molar refractivity (Wildman–Crippen MR) is 71.4 cm³/mol. The van der Waals surface area contributed by atoms with Gasteiger partial charge in [0.05, 0.1) is 27.4 Å². The van der Waals surface area contributed by atoms with Crippen molar-refractivity contribution in [3.8, 4) is 11.5 Å². The smallest absolute Gasteiger partial charge is 0.167 e. The van der Waals surface area contributed by atoms with E-state index in [-0.39, 0.29) is 6.04 Å². The van der Waals surface area contributed by atoms with Crippen LogP contribution in [0.2, 0.25) is 0 Å². The third-order valence-electron chi connectivity index (χ3n) is 3.32. The van der Waals surface area contributed by atoms with E-state index >= 15 is 0 Å². The Morgan fingerprint density at radius 1 is 1.21 bits per heavy atom. The van der Waals surface area contributed by atoms with Crippen LogP contribution in [0, 0.1) is 0 Å². The van der Waals surface area contributed by atoms with Crippen LogP contribution in [0.15, 0.2) is 18.2 Å². The number of rotatable bonds is 5. The van der Waals surface area contributed by atoms with Gasteiger partial charge in [0.1, 0.15) is 0 Å². The third-order valence-corrected chi connectivity index (χ3v) is 3.32. The summed E-state index contributed by atoms with van der Waals surface area (Å²) in [6.45, 7) is 3.16. The molecular formula is C14H21NO4. The van der Waals surface area contributed by atoms with Crippen molar-refractivity contribution in [2.75, 3.05) is 27.4 Å². The summed E-state index contributed by atoms with van der Waals surface area (Å²) >= 11 is 0. The fraction of sp³-hybridized carbons (Fsp3) is 0.571. The SMILES string of the molecule is COc1ccc([C@@H](N)CC2(C)OCCO2)cc1OC. The minimum absolute atomic E-state index is 0.178. The molecule has 0 unspecified atom stereocenters. The first-order chi connectivity index (χ1) is 9.08. The molecule has 2 N–H and O–H groups in total. The molecule has 1 aromatic rings. The average Bonchev–Trinajstić information content (AvgIpc) is 2.84. The van der Waals surface area contributed by atoms with Crippen molar-refractivity contribution >= 4 is 0 Å². The molecule has 1 aliphatic heterocycles. The Morgan fingerprint density at radius 2 is 1.84 bits per heavy atom. The van der Waals surface area contributed by atoms with Gasteiger partial charge in [0.25, 0.3) is 0 Å². The molecule has 1 fully saturated rings. The maximum Gasteiger partial charge on any atom is 0.167 e. The highest BCUT2D eigenvalue weighted by Crippen LogP contribution is 2.33. The second-order valence-corrected chi connectivity index (χ2v) is 4.76. The van der Waals surface area contributed by atoms with Gasteiger partial charge in [0.2, 0.25) is 0 Å². The van der Waals surface area contributed by atoms with Gasteiger partial charge in [0.15, 0.2) is 17.3 Å². The highest BCUT2D eigenvalue weighted by atomic mass is 16.7. The second-order valence-electron chi connectivity index (χ2n) is 4.76. The zero-order chi connectivity index (χ0) is 13.9. The molecule has 5 nitrogen and oxygen atoms in total. The van der Waals surface area contributed by atoms with Gasteiger partial charge in [-0.3, -0.25) is 0 Å². The van der Waals surface area contributed by atoms with Crippen LogP contribution in [0.4, 0.5) is 0 Å². The highest BCUT2D eigenvalue weighted by molar-refractivity contribution is 5.43. The van der Waals surface area contributed by atoms with Gasteiger partial charge in [-0.15, -0.1) is 0 Å². The fourth-order valence-corrected chi connectivity index (χ4v) is 2.28. The minimum Gasteiger partial charge on any atom is -0.493 e. The average molecular weight is 267 g/mol. The van der Waals surface area contributed by atoms with E-state index in [0.717, 1.165) is 5.56 Å². The summed E-state index contributed by atoms with van der Waals surface area (Å²) in [6, 6.07) is 5.50. The Balaban J connectivity index is 2.12. The normalized spacial score (nSPS) is 19.2. The lowest BCUT2D eigenvalue weighted by Crippen LogP contribution is -2.31. The lowest BCUT2D eigenvalue weighted by atomic mass is 10.00. The minimum atomic E-state index is -0.591. The molecule has 2 rings (SSSR count). The Bertz CT molecular complexity index is 429. The van der Waals surface area contributed by atoms with Crippen LogP contribution in [0.25, 0.3) is 0 Å². The van der Waals surface area contributed by atoms with E-state index < -0.39 is 5.79 Å². The number of methoxy groups -OCH3 is 2. The quantitative estimate of drug-likeness (QED) is 0.882. The number of hydrogen-bond acceptors (Lipinski definition) is 5. The van der Waals surface area contributed by atoms with Crippen molar-refractivity contribution < 1.29 is 18.9 Å². The van der Waals surface area contributed by atoms with Crippen LogP contribution in [0.3, 0.4) is 0 Å². The molecule has 1 aromatic carbocycles. The molecular weight excluding hydrogens is 246 g/mol. The summed E-state index contributed by atoms with van der Waals surface area (Å²) in [5.74, 6) is 0.777. The van der Waals surface area contributed by atoms with Crippen LogP contribution < -0.4 is 15.2 Å². The monoisotopic (exact) mass is 267 g/mol. The van der Waals surface area contributed by atoms with Crippen LogP contribution in [0.1, 0.15) is 24.9 Å². The second kappa shape index (κ2) is 5.77. The fourth-order valence-electron chi connectivity index (χ4n) is 2.28. The number of hydrogen-bond donors (Lipinski definition) is 1. The number of nitrogens with two attached hydrogens (primary N) is 1. The van der Waals surface area contributed by atoms with Gasteiger partial charge >= 0.3 is 0 Å². The van der Waals surface area contributed by atoms with Gasteiger partial charge in [-0.05, 0) is 24.6 Å². The van der Waals surface area contributed by atoms with E-state index in [9.17, 15) is 0 Å². The Hall–Kier alpha value is -1.30. The van der Waals surface area contributed by atoms with Crippen molar-refractivity contribution in [2.45, 2.75) is 25.2 Å². The first kappa shape index (κ1) is 14.1. The van der Waals surface area contributed by atoms with E-state index in [4.69, 9.17) is 24.7 Å². The molecule has 19 heavy (non-hydrogen) atoms. The molecule has 0 bridgehead atoms. The van der Waals surface area contributed by atoms with Gasteiger partial charge in [0, 0.05) is 12.5 Å². The van der Waals surface area contributed by atoms with Gasteiger partial charge in [-0.25, -0.2) is 0 Å². The Morgan fingerprint density at radius 3 is 2.42 bits per heavy atom. The largest absolute Gasteiger partial charge is 0.493 e. The van der Waals surface area contributed by atoms with Crippen LogP contribution in [-0.4, -0.2) is 33.2 Å². The van der Waals surface area contributed by atoms with Crippen molar-refractivity contribution in [3.63, 3.8) is 0 Å². The zero-order valence-corrected chi connectivity index (χ0v) is 11.6. The molecule has 1 heterocycles. The van der Waals surface area contributed by atoms with E-state index in [1.165, 1.54) is 0 Å². The number of benzene rings is 1. The molecule has 0 aromatic heterocycles. The standard InChI is InChI=1S/C14H21NO4/c1-14(18-6-7-19-14)9-11(15)10-4-5-12(16-2)13(8-10)17-3/h4-5,8,11H,6-7,9,15H2,1-3H3/t11-/m0/s1. The topological polar surface area (TPSA) is 62.9 Å². The van der Waals surface area contributed by atoms with Crippen molar-refractivity contribution in [1.82, 2.24) is 0 Å². The van der Waals surface area contributed by atoms with Crippen molar-refractivity contribution in [3.05, 3.63) is 23.8 Å². The molecule has 1 saturated heterocycles. The van der Waals surface area contributed by atoms with Crippen LogP contribution in [0.5, 0.6) is 11.5 Å². The van der Waals surface area contributed by atoms with Crippen LogP contribution >= 0.6 is 0 Å². The van der Waals surface area contributed by atoms with E-state index in [1.807, 2.05) is 25.1 Å².